The van der Waals surface area contributed by atoms with Gasteiger partial charge in [0.2, 0.25) is 0 Å². The van der Waals surface area contributed by atoms with Gasteiger partial charge in [-0.05, 0) is 18.2 Å². The molecule has 4 rings (SSSR count). The van der Waals surface area contributed by atoms with Gasteiger partial charge in [-0.1, -0.05) is 0 Å². The molecule has 34 heavy (non-hydrogen) atoms. The number of hydrogen-bond donors (Lipinski definition) is 6. The normalized spacial score (nSPS) is 24.8. The number of benzene rings is 2. The maximum absolute atomic E-state index is 13.1. The first-order valence-electron chi connectivity index (χ1n) is 10.3. The number of methoxy groups -OCH3 is 2. The van der Waals surface area contributed by atoms with E-state index in [-0.39, 0.29) is 45.1 Å². The zero-order valence-corrected chi connectivity index (χ0v) is 18.2. The predicted octanol–water partition coefficient (Wildman–Crippen LogP) is 0.403. The number of ether oxygens (including phenoxy) is 3. The highest BCUT2D eigenvalue weighted by atomic mass is 16.5. The van der Waals surface area contributed by atoms with E-state index in [0.29, 0.717) is 0 Å². The smallest absolute Gasteiger partial charge is 0.197 e. The summed E-state index contributed by atoms with van der Waals surface area (Å²) in [6.45, 7) is -0.653. The van der Waals surface area contributed by atoms with E-state index in [1.54, 1.807) is 0 Å². The molecule has 1 aromatic heterocycles. The quantitative estimate of drug-likeness (QED) is 0.281. The fraction of sp³-hybridized carbons (Fsp3) is 0.348. The summed E-state index contributed by atoms with van der Waals surface area (Å²) >= 11 is 0. The van der Waals surface area contributed by atoms with Gasteiger partial charge in [0.25, 0.3) is 0 Å². The van der Waals surface area contributed by atoms with Crippen LogP contribution < -0.4 is 14.9 Å². The van der Waals surface area contributed by atoms with Gasteiger partial charge in [-0.2, -0.15) is 0 Å². The number of aromatic hydroxyl groups is 2. The molecule has 5 atom stereocenters. The third-order valence-electron chi connectivity index (χ3n) is 5.84. The lowest BCUT2D eigenvalue weighted by Gasteiger charge is -2.40. The van der Waals surface area contributed by atoms with Crippen molar-refractivity contribution in [3.63, 3.8) is 0 Å². The Bertz CT molecular complexity index is 1270. The summed E-state index contributed by atoms with van der Waals surface area (Å²) < 4.78 is 22.5. The van der Waals surface area contributed by atoms with Gasteiger partial charge in [0.15, 0.2) is 22.5 Å². The van der Waals surface area contributed by atoms with Crippen LogP contribution in [0.3, 0.4) is 0 Å². The Morgan fingerprint density at radius 3 is 2.24 bits per heavy atom. The van der Waals surface area contributed by atoms with E-state index in [1.807, 2.05) is 0 Å². The van der Waals surface area contributed by atoms with Crippen molar-refractivity contribution in [1.82, 2.24) is 0 Å². The highest BCUT2D eigenvalue weighted by Gasteiger charge is 2.46. The van der Waals surface area contributed by atoms with Crippen molar-refractivity contribution >= 4 is 11.0 Å². The minimum Gasteiger partial charge on any atom is -0.504 e. The molecule has 0 radical (unpaired) electrons. The first-order chi connectivity index (χ1) is 16.2. The fourth-order valence-corrected chi connectivity index (χ4v) is 4.06. The Morgan fingerprint density at radius 1 is 0.912 bits per heavy atom. The second-order valence-corrected chi connectivity index (χ2v) is 7.83. The van der Waals surface area contributed by atoms with Crippen LogP contribution in [-0.2, 0) is 4.74 Å². The molecule has 0 bridgehead atoms. The maximum atomic E-state index is 13.1. The van der Waals surface area contributed by atoms with Crippen LogP contribution in [0.4, 0.5) is 0 Å². The summed E-state index contributed by atoms with van der Waals surface area (Å²) in [6, 6.07) is 6.40. The van der Waals surface area contributed by atoms with Crippen LogP contribution in [0.25, 0.3) is 22.3 Å². The molecule has 1 saturated heterocycles. The number of fused-ring (bicyclic) bond motifs is 1. The van der Waals surface area contributed by atoms with E-state index < -0.39 is 48.3 Å². The molecule has 1 fully saturated rings. The molecule has 6 N–H and O–H groups in total. The highest BCUT2D eigenvalue weighted by Crippen LogP contribution is 2.44. The number of aliphatic hydroxyl groups is 4. The number of rotatable bonds is 5. The number of phenols is 2. The van der Waals surface area contributed by atoms with Gasteiger partial charge in [-0.25, -0.2) is 0 Å². The van der Waals surface area contributed by atoms with Crippen molar-refractivity contribution in [2.24, 2.45) is 0 Å². The Balaban J connectivity index is 2.02. The largest absolute Gasteiger partial charge is 0.504 e. The molecule has 2 heterocycles. The molecule has 0 amide bonds. The van der Waals surface area contributed by atoms with E-state index in [2.05, 4.69) is 0 Å². The Hall–Kier alpha value is -3.35. The van der Waals surface area contributed by atoms with E-state index >= 15 is 0 Å². The average molecular weight is 476 g/mol. The third-order valence-corrected chi connectivity index (χ3v) is 5.84. The predicted molar refractivity (Wildman–Crippen MR) is 117 cm³/mol. The zero-order valence-electron chi connectivity index (χ0n) is 18.2. The van der Waals surface area contributed by atoms with E-state index in [9.17, 15) is 35.4 Å². The lowest BCUT2D eigenvalue weighted by atomic mass is 9.89. The zero-order chi connectivity index (χ0) is 24.7. The van der Waals surface area contributed by atoms with Crippen molar-refractivity contribution in [3.8, 4) is 34.3 Å². The fourth-order valence-electron chi connectivity index (χ4n) is 4.06. The summed E-state index contributed by atoms with van der Waals surface area (Å²) in [5, 5.41) is 60.3. The van der Waals surface area contributed by atoms with Gasteiger partial charge >= 0.3 is 0 Å². The molecule has 0 saturated carbocycles. The third kappa shape index (κ3) is 3.83. The van der Waals surface area contributed by atoms with Crippen LogP contribution in [0.2, 0.25) is 0 Å². The summed E-state index contributed by atoms with van der Waals surface area (Å²) in [6.07, 6.45) is -7.52. The maximum Gasteiger partial charge on any atom is 0.197 e. The first kappa shape index (κ1) is 23.8. The molecule has 0 spiro atoms. The van der Waals surface area contributed by atoms with Gasteiger partial charge in [-0.3, -0.25) is 4.79 Å². The van der Waals surface area contributed by atoms with E-state index in [4.69, 9.17) is 18.6 Å². The van der Waals surface area contributed by atoms with Crippen molar-refractivity contribution < 1.29 is 49.3 Å². The van der Waals surface area contributed by atoms with Crippen molar-refractivity contribution in [3.05, 3.63) is 46.1 Å². The molecule has 3 aromatic rings. The minimum atomic E-state index is -1.68. The van der Waals surface area contributed by atoms with E-state index in [1.165, 1.54) is 44.6 Å². The van der Waals surface area contributed by atoms with Crippen LogP contribution in [0.15, 0.2) is 39.5 Å². The molecule has 11 nitrogen and oxygen atoms in total. The Morgan fingerprint density at radius 2 is 1.62 bits per heavy atom. The molecule has 11 heteroatoms. The summed E-state index contributed by atoms with van der Waals surface area (Å²) in [7, 11) is 2.67. The number of aliphatic hydroxyl groups excluding tert-OH is 4. The minimum absolute atomic E-state index is 0.00828. The van der Waals surface area contributed by atoms with Gasteiger partial charge in [0.05, 0.1) is 26.4 Å². The molecule has 0 unspecified atom stereocenters. The van der Waals surface area contributed by atoms with Gasteiger partial charge in [0.1, 0.15) is 53.2 Å². The second-order valence-electron chi connectivity index (χ2n) is 7.83. The molecule has 1 aliphatic heterocycles. The molecular weight excluding hydrogens is 452 g/mol. The highest BCUT2D eigenvalue weighted by molar-refractivity contribution is 5.90. The second kappa shape index (κ2) is 9.12. The lowest BCUT2D eigenvalue weighted by molar-refractivity contribution is -0.231. The van der Waals surface area contributed by atoms with Crippen LogP contribution in [0.1, 0.15) is 11.7 Å². The number of hydrogen-bond acceptors (Lipinski definition) is 11. The lowest BCUT2D eigenvalue weighted by Crippen LogP contribution is -2.55. The van der Waals surface area contributed by atoms with Gasteiger partial charge in [-0.15, -0.1) is 0 Å². The van der Waals surface area contributed by atoms with Gasteiger partial charge in [0, 0.05) is 17.7 Å². The standard InChI is InChI=1S/C23H24O11/c1-31-14-7-15(32-2)18(23-21(30)20(29)19(28)16(8-24)34-23)22-17(14)12(27)6-13(33-22)9-3-4-10(25)11(26)5-9/h3-7,16,19-21,23-26,28-30H,8H2,1-2H3/t16-,19+,20-,21-,23-/m1/s1. The number of phenolic OH excluding ortho intramolecular Hbond substituents is 2. The average Bonchev–Trinajstić information content (AvgIpc) is 2.83. The van der Waals surface area contributed by atoms with Crippen LogP contribution in [0.5, 0.6) is 23.0 Å². The SMILES string of the molecule is COc1cc(OC)c2c(=O)cc(-c3ccc(O)c(O)c3)oc2c1[C@H]1O[C@H](CO)[C@H](O)[C@@H](O)[C@H]1O. The Kier molecular flexibility index (Phi) is 6.39. The molecule has 2 aromatic carbocycles. The molecular formula is C23H24O11. The van der Waals surface area contributed by atoms with Crippen molar-refractivity contribution in [1.29, 1.82) is 0 Å². The molecule has 0 aliphatic carbocycles. The van der Waals surface area contributed by atoms with Crippen molar-refractivity contribution in [2.75, 3.05) is 20.8 Å². The summed E-state index contributed by atoms with van der Waals surface area (Å²) in [4.78, 5) is 13.1. The van der Waals surface area contributed by atoms with Gasteiger partial charge < -0.3 is 49.3 Å². The van der Waals surface area contributed by atoms with Crippen LogP contribution in [0, 0.1) is 0 Å². The summed E-state index contributed by atoms with van der Waals surface area (Å²) in [5.74, 6) is -0.597. The summed E-state index contributed by atoms with van der Waals surface area (Å²) in [5.41, 5.74) is -0.335. The topological polar surface area (TPSA) is 179 Å². The first-order valence-corrected chi connectivity index (χ1v) is 10.3. The van der Waals surface area contributed by atoms with Crippen molar-refractivity contribution in [2.45, 2.75) is 30.5 Å². The monoisotopic (exact) mass is 476 g/mol. The van der Waals surface area contributed by atoms with E-state index in [0.717, 1.165) is 0 Å². The Labute approximate surface area is 192 Å². The molecule has 1 aliphatic rings. The van der Waals surface area contributed by atoms with Crippen LogP contribution >= 0.6 is 0 Å². The van der Waals surface area contributed by atoms with Crippen LogP contribution in [-0.4, -0.2) is 75.9 Å². The molecule has 182 valence electrons.